The summed E-state index contributed by atoms with van der Waals surface area (Å²) in [6.07, 6.45) is -4.25. The van der Waals surface area contributed by atoms with Crippen LogP contribution in [0.3, 0.4) is 0 Å². The highest BCUT2D eigenvalue weighted by atomic mass is 19.4. The highest BCUT2D eigenvalue weighted by molar-refractivity contribution is 6.22. The maximum absolute atomic E-state index is 13.1. The molecule has 0 N–H and O–H groups in total. The Bertz CT molecular complexity index is 1450. The standard InChI is InChI=1S/C34H42F6N4O4/c1-43(2,19-9-15-41-29(45)25-13-11-23(33(35,36)37)21-27(25)31(41)47)17-7-5-6-8-18-44(3,4)20-10-16-42-30(46)26-14-12-24(34(38,39)40)22-28(26)32(42)48/h11-14,21-22H,5-10,15-20H2,1-4H3/q+2. The number of quaternary nitrogens is 2. The zero-order valence-electron chi connectivity index (χ0n) is 27.6. The van der Waals surface area contributed by atoms with Crippen molar-refractivity contribution in [3.8, 4) is 0 Å². The van der Waals surface area contributed by atoms with Gasteiger partial charge in [-0.3, -0.25) is 29.0 Å². The first kappa shape index (κ1) is 37.0. The van der Waals surface area contributed by atoms with Crippen LogP contribution in [0.2, 0.25) is 0 Å². The largest absolute Gasteiger partial charge is 0.416 e. The lowest BCUT2D eigenvalue weighted by Gasteiger charge is -2.31. The van der Waals surface area contributed by atoms with E-state index in [1.54, 1.807) is 0 Å². The maximum Gasteiger partial charge on any atom is 0.416 e. The number of hydrogen-bond donors (Lipinski definition) is 0. The summed E-state index contributed by atoms with van der Waals surface area (Å²) in [5, 5.41) is 0. The van der Waals surface area contributed by atoms with Crippen LogP contribution in [0.15, 0.2) is 36.4 Å². The molecule has 2 aromatic carbocycles. The Kier molecular flexibility index (Phi) is 10.8. The van der Waals surface area contributed by atoms with Gasteiger partial charge in [0, 0.05) is 25.9 Å². The third-order valence-electron chi connectivity index (χ3n) is 9.16. The molecule has 0 aliphatic carbocycles. The Morgan fingerprint density at radius 2 is 0.792 bits per heavy atom. The smallest absolute Gasteiger partial charge is 0.328 e. The zero-order chi connectivity index (χ0) is 35.7. The van der Waals surface area contributed by atoms with E-state index in [0.29, 0.717) is 34.9 Å². The first-order chi connectivity index (χ1) is 22.2. The average molecular weight is 685 g/mol. The van der Waals surface area contributed by atoms with Crippen molar-refractivity contribution in [2.24, 2.45) is 0 Å². The lowest BCUT2D eigenvalue weighted by atomic mass is 10.1. The number of unbranched alkanes of at least 4 members (excludes halogenated alkanes) is 3. The second kappa shape index (κ2) is 14.0. The molecule has 0 spiro atoms. The van der Waals surface area contributed by atoms with E-state index in [1.165, 1.54) is 0 Å². The second-order valence-electron chi connectivity index (χ2n) is 13.9. The summed E-state index contributed by atoms with van der Waals surface area (Å²) >= 11 is 0. The lowest BCUT2D eigenvalue weighted by Crippen LogP contribution is -2.43. The molecule has 4 rings (SSSR count). The highest BCUT2D eigenvalue weighted by Crippen LogP contribution is 2.34. The Balaban J connectivity index is 1.11. The quantitative estimate of drug-likeness (QED) is 0.0983. The van der Waals surface area contributed by atoms with Crippen LogP contribution in [0.1, 0.15) is 91.1 Å². The van der Waals surface area contributed by atoms with Crippen LogP contribution in [0.4, 0.5) is 26.3 Å². The molecule has 262 valence electrons. The van der Waals surface area contributed by atoms with E-state index >= 15 is 0 Å². The predicted octanol–water partition coefficient (Wildman–Crippen LogP) is 6.11. The molecule has 0 aromatic heterocycles. The molecule has 0 saturated heterocycles. The Morgan fingerprint density at radius 3 is 1.12 bits per heavy atom. The van der Waals surface area contributed by atoms with Crippen LogP contribution in [0.5, 0.6) is 0 Å². The number of alkyl halides is 6. The number of halogens is 6. The van der Waals surface area contributed by atoms with Crippen LogP contribution in [-0.4, -0.2) is 110 Å². The first-order valence-electron chi connectivity index (χ1n) is 16.0. The van der Waals surface area contributed by atoms with Gasteiger partial charge in [0.05, 0.1) is 87.8 Å². The number of rotatable bonds is 15. The van der Waals surface area contributed by atoms with Crippen molar-refractivity contribution in [3.63, 3.8) is 0 Å². The van der Waals surface area contributed by atoms with E-state index in [-0.39, 0.29) is 35.3 Å². The number of benzene rings is 2. The monoisotopic (exact) mass is 684 g/mol. The summed E-state index contributed by atoms with van der Waals surface area (Å²) in [6, 6.07) is 5.26. The molecule has 8 nitrogen and oxygen atoms in total. The van der Waals surface area contributed by atoms with Gasteiger partial charge in [-0.25, -0.2) is 0 Å². The summed E-state index contributed by atoms with van der Waals surface area (Å²) in [7, 11) is 8.23. The minimum absolute atomic E-state index is 0.00251. The van der Waals surface area contributed by atoms with Crippen LogP contribution in [0, 0.1) is 0 Å². The summed E-state index contributed by atoms with van der Waals surface area (Å²) < 4.78 is 79.7. The van der Waals surface area contributed by atoms with Gasteiger partial charge in [0.25, 0.3) is 23.6 Å². The molecule has 0 radical (unpaired) electrons. The molecule has 2 aliphatic heterocycles. The lowest BCUT2D eigenvalue weighted by molar-refractivity contribution is -0.891. The third kappa shape index (κ3) is 8.62. The minimum atomic E-state index is -4.60. The van der Waals surface area contributed by atoms with Crippen molar-refractivity contribution in [2.45, 2.75) is 50.9 Å². The van der Waals surface area contributed by atoms with Crippen molar-refractivity contribution >= 4 is 23.6 Å². The van der Waals surface area contributed by atoms with Gasteiger partial charge in [0.15, 0.2) is 0 Å². The van der Waals surface area contributed by atoms with Gasteiger partial charge in [-0.2, -0.15) is 26.3 Å². The van der Waals surface area contributed by atoms with E-state index in [0.717, 1.165) is 85.0 Å². The zero-order valence-corrected chi connectivity index (χ0v) is 27.6. The fourth-order valence-electron chi connectivity index (χ4n) is 6.31. The second-order valence-corrected chi connectivity index (χ2v) is 13.9. The molecule has 2 aromatic rings. The third-order valence-corrected chi connectivity index (χ3v) is 9.16. The van der Waals surface area contributed by atoms with Crippen molar-refractivity contribution in [1.29, 1.82) is 0 Å². The number of fused-ring (bicyclic) bond motifs is 2. The normalized spacial score (nSPS) is 15.5. The van der Waals surface area contributed by atoms with Gasteiger partial charge in [0.1, 0.15) is 0 Å². The molecule has 4 amide bonds. The van der Waals surface area contributed by atoms with Gasteiger partial charge in [-0.1, -0.05) is 0 Å². The number of hydrogen-bond acceptors (Lipinski definition) is 4. The molecule has 2 heterocycles. The molecule has 48 heavy (non-hydrogen) atoms. The molecule has 0 bridgehead atoms. The van der Waals surface area contributed by atoms with Gasteiger partial charge in [0.2, 0.25) is 0 Å². The Labute approximate surface area is 276 Å². The maximum atomic E-state index is 13.1. The predicted molar refractivity (Wildman–Crippen MR) is 165 cm³/mol. The van der Waals surface area contributed by atoms with Crippen molar-refractivity contribution in [1.82, 2.24) is 9.80 Å². The number of carbonyl (C=O) groups is 4. The number of carbonyl (C=O) groups excluding carboxylic acids is 4. The van der Waals surface area contributed by atoms with Gasteiger partial charge in [-0.05, 0) is 62.1 Å². The minimum Gasteiger partial charge on any atom is -0.328 e. The molecule has 0 saturated carbocycles. The molecule has 0 atom stereocenters. The van der Waals surface area contributed by atoms with E-state index in [2.05, 4.69) is 28.2 Å². The summed E-state index contributed by atoms with van der Waals surface area (Å²) in [6.45, 7) is 3.38. The van der Waals surface area contributed by atoms with Crippen molar-refractivity contribution in [2.75, 3.05) is 67.5 Å². The van der Waals surface area contributed by atoms with E-state index in [1.807, 2.05) is 0 Å². The summed E-state index contributed by atoms with van der Waals surface area (Å²) in [5.74, 6) is -2.53. The summed E-state index contributed by atoms with van der Waals surface area (Å²) in [4.78, 5) is 52.7. The average Bonchev–Trinajstić information content (AvgIpc) is 3.37. The fourth-order valence-corrected chi connectivity index (χ4v) is 6.31. The van der Waals surface area contributed by atoms with Crippen LogP contribution < -0.4 is 0 Å². The Hall–Kier alpha value is -3.78. The topological polar surface area (TPSA) is 74.8 Å². The van der Waals surface area contributed by atoms with E-state index < -0.39 is 47.1 Å². The summed E-state index contributed by atoms with van der Waals surface area (Å²) in [5.41, 5.74) is -2.34. The Morgan fingerprint density at radius 1 is 0.479 bits per heavy atom. The number of nitrogens with zero attached hydrogens (tertiary/aromatic N) is 4. The molecule has 0 unspecified atom stereocenters. The fraction of sp³-hybridized carbons (Fsp3) is 0.529. The molecular weight excluding hydrogens is 642 g/mol. The molecule has 14 heteroatoms. The van der Waals surface area contributed by atoms with Gasteiger partial charge >= 0.3 is 12.4 Å². The van der Waals surface area contributed by atoms with Gasteiger partial charge in [-0.15, -0.1) is 0 Å². The number of amides is 4. The molecular formula is C34H42F6N4O4+2. The van der Waals surface area contributed by atoms with Crippen LogP contribution in [-0.2, 0) is 12.4 Å². The van der Waals surface area contributed by atoms with Crippen molar-refractivity contribution in [3.05, 3.63) is 69.8 Å². The SMILES string of the molecule is C[N+](C)(CCCCCC[N+](C)(C)CCCN1C(=O)c2ccc(C(F)(F)F)cc2C1=O)CCCN1C(=O)c2ccc(C(F)(F)F)cc2C1=O. The number of imide groups is 2. The van der Waals surface area contributed by atoms with E-state index in [9.17, 15) is 45.5 Å². The van der Waals surface area contributed by atoms with Crippen molar-refractivity contribution < 1.29 is 54.5 Å². The molecule has 2 aliphatic rings. The van der Waals surface area contributed by atoms with Crippen LogP contribution in [0.25, 0.3) is 0 Å². The molecule has 0 fully saturated rings. The van der Waals surface area contributed by atoms with Gasteiger partial charge < -0.3 is 8.97 Å². The highest BCUT2D eigenvalue weighted by Gasteiger charge is 2.40. The van der Waals surface area contributed by atoms with Crippen LogP contribution >= 0.6 is 0 Å². The first-order valence-corrected chi connectivity index (χ1v) is 16.0. The van der Waals surface area contributed by atoms with E-state index in [4.69, 9.17) is 0 Å².